The third kappa shape index (κ3) is 3.15. The minimum Gasteiger partial charge on any atom is -0.489 e. The Morgan fingerprint density at radius 3 is 2.68 bits per heavy atom. The fourth-order valence-electron chi connectivity index (χ4n) is 1.91. The van der Waals surface area contributed by atoms with Crippen LogP contribution in [0.25, 0.3) is 0 Å². The van der Waals surface area contributed by atoms with E-state index in [1.165, 1.54) is 0 Å². The van der Waals surface area contributed by atoms with E-state index >= 15 is 0 Å². The first-order valence-corrected chi connectivity index (χ1v) is 6.42. The zero-order chi connectivity index (χ0) is 13.8. The van der Waals surface area contributed by atoms with E-state index in [4.69, 9.17) is 16.3 Å². The van der Waals surface area contributed by atoms with Crippen molar-refractivity contribution in [3.8, 4) is 5.75 Å². The van der Waals surface area contributed by atoms with E-state index in [-0.39, 0.29) is 0 Å². The van der Waals surface area contributed by atoms with Crippen molar-refractivity contribution >= 4 is 17.9 Å². The topological polar surface area (TPSA) is 26.3 Å². The third-order valence-electron chi connectivity index (χ3n) is 3.10. The van der Waals surface area contributed by atoms with Crippen molar-refractivity contribution in [2.24, 2.45) is 0 Å². The number of benzene rings is 2. The second kappa shape index (κ2) is 5.89. The van der Waals surface area contributed by atoms with E-state index < -0.39 is 0 Å². The highest BCUT2D eigenvalue weighted by molar-refractivity contribution is 6.30. The van der Waals surface area contributed by atoms with Gasteiger partial charge in [-0.15, -0.1) is 0 Å². The highest BCUT2D eigenvalue weighted by Gasteiger charge is 2.07. The number of aldehydes is 1. The Kier molecular flexibility index (Phi) is 4.23. The van der Waals surface area contributed by atoms with Gasteiger partial charge in [-0.05, 0) is 37.1 Å². The highest BCUT2D eigenvalue weighted by atomic mass is 35.5. The van der Waals surface area contributed by atoms with E-state index in [0.29, 0.717) is 17.2 Å². The van der Waals surface area contributed by atoms with Gasteiger partial charge in [-0.1, -0.05) is 35.9 Å². The SMILES string of the molecule is Cc1ccc(Cl)cc1OCc1c(C)cccc1C=O. The van der Waals surface area contributed by atoms with E-state index in [0.717, 1.165) is 28.7 Å². The summed E-state index contributed by atoms with van der Waals surface area (Å²) in [5.41, 5.74) is 3.64. The van der Waals surface area contributed by atoms with Crippen LogP contribution in [0.4, 0.5) is 0 Å². The van der Waals surface area contributed by atoms with E-state index in [1.807, 2.05) is 38.1 Å². The molecule has 0 radical (unpaired) electrons. The van der Waals surface area contributed by atoms with Gasteiger partial charge in [-0.2, -0.15) is 0 Å². The summed E-state index contributed by atoms with van der Waals surface area (Å²) in [7, 11) is 0. The predicted octanol–water partition coefficient (Wildman–Crippen LogP) is 4.35. The van der Waals surface area contributed by atoms with Gasteiger partial charge in [0.25, 0.3) is 0 Å². The molecule has 2 aromatic carbocycles. The molecule has 2 nitrogen and oxygen atoms in total. The third-order valence-corrected chi connectivity index (χ3v) is 3.33. The van der Waals surface area contributed by atoms with Crippen molar-refractivity contribution in [1.82, 2.24) is 0 Å². The summed E-state index contributed by atoms with van der Waals surface area (Å²) in [5, 5.41) is 0.640. The molecule has 19 heavy (non-hydrogen) atoms. The Morgan fingerprint density at radius 1 is 1.16 bits per heavy atom. The maximum atomic E-state index is 11.0. The van der Waals surface area contributed by atoms with Crippen LogP contribution in [0.2, 0.25) is 5.02 Å². The Labute approximate surface area is 118 Å². The number of carbonyl (C=O) groups is 1. The number of hydrogen-bond donors (Lipinski definition) is 0. The van der Waals surface area contributed by atoms with Gasteiger partial charge in [0.2, 0.25) is 0 Å². The number of hydrogen-bond acceptors (Lipinski definition) is 2. The maximum Gasteiger partial charge on any atom is 0.150 e. The molecular formula is C16H15ClO2. The summed E-state index contributed by atoms with van der Waals surface area (Å²) in [4.78, 5) is 11.0. The smallest absolute Gasteiger partial charge is 0.150 e. The molecule has 0 N–H and O–H groups in total. The minimum atomic E-state index is 0.363. The van der Waals surface area contributed by atoms with Crippen molar-refractivity contribution in [2.75, 3.05) is 0 Å². The molecule has 0 aliphatic heterocycles. The summed E-state index contributed by atoms with van der Waals surface area (Å²) in [5.74, 6) is 0.743. The molecule has 0 amide bonds. The van der Waals surface area contributed by atoms with Crippen molar-refractivity contribution < 1.29 is 9.53 Å². The molecule has 0 atom stereocenters. The standard InChI is InChI=1S/C16H15ClO2/c1-11-4-3-5-13(9-18)15(11)10-19-16-8-14(17)7-6-12(16)2/h3-9H,10H2,1-2H3. The van der Waals surface area contributed by atoms with Crippen LogP contribution in [0.15, 0.2) is 36.4 Å². The average Bonchev–Trinajstić information content (AvgIpc) is 2.40. The van der Waals surface area contributed by atoms with Gasteiger partial charge < -0.3 is 4.74 Å². The summed E-state index contributed by atoms with van der Waals surface area (Å²) in [6, 6.07) is 11.2. The normalized spacial score (nSPS) is 10.3. The maximum absolute atomic E-state index is 11.0. The number of aryl methyl sites for hydroxylation is 2. The first-order chi connectivity index (χ1) is 9.11. The van der Waals surface area contributed by atoms with Gasteiger partial charge in [0.05, 0.1) is 0 Å². The van der Waals surface area contributed by atoms with Crippen molar-refractivity contribution in [1.29, 1.82) is 0 Å². The summed E-state index contributed by atoms with van der Waals surface area (Å²) >= 11 is 5.95. The number of rotatable bonds is 4. The average molecular weight is 275 g/mol. The number of halogens is 1. The van der Waals surface area contributed by atoms with Gasteiger partial charge in [0, 0.05) is 16.1 Å². The van der Waals surface area contributed by atoms with Crippen LogP contribution in [0, 0.1) is 13.8 Å². The van der Waals surface area contributed by atoms with Crippen molar-refractivity contribution in [2.45, 2.75) is 20.5 Å². The molecule has 0 spiro atoms. The monoisotopic (exact) mass is 274 g/mol. The molecule has 98 valence electrons. The molecule has 0 aliphatic carbocycles. The molecule has 0 bridgehead atoms. The van der Waals surface area contributed by atoms with Crippen LogP contribution in [-0.2, 0) is 6.61 Å². The molecule has 2 rings (SSSR count). The first kappa shape index (κ1) is 13.6. The van der Waals surface area contributed by atoms with Gasteiger partial charge in [0.1, 0.15) is 18.6 Å². The zero-order valence-electron chi connectivity index (χ0n) is 10.9. The Hall–Kier alpha value is -1.80. The quantitative estimate of drug-likeness (QED) is 0.775. The second-order valence-corrected chi connectivity index (χ2v) is 4.90. The van der Waals surface area contributed by atoms with Crippen molar-refractivity contribution in [3.63, 3.8) is 0 Å². The molecule has 0 heterocycles. The summed E-state index contributed by atoms with van der Waals surface area (Å²) in [6.45, 7) is 4.29. The first-order valence-electron chi connectivity index (χ1n) is 6.04. The van der Waals surface area contributed by atoms with E-state index in [9.17, 15) is 4.79 Å². The molecule has 0 aliphatic rings. The lowest BCUT2D eigenvalue weighted by molar-refractivity contribution is 0.112. The lowest BCUT2D eigenvalue weighted by Crippen LogP contribution is -2.03. The number of carbonyl (C=O) groups excluding carboxylic acids is 1. The number of ether oxygens (including phenoxy) is 1. The molecule has 0 saturated heterocycles. The molecule has 0 unspecified atom stereocenters. The van der Waals surface area contributed by atoms with Crippen LogP contribution in [0.1, 0.15) is 27.0 Å². The van der Waals surface area contributed by atoms with Crippen molar-refractivity contribution in [3.05, 3.63) is 63.7 Å². The zero-order valence-corrected chi connectivity index (χ0v) is 11.7. The molecule has 3 heteroatoms. The van der Waals surface area contributed by atoms with Gasteiger partial charge in [0.15, 0.2) is 0 Å². The Balaban J connectivity index is 2.23. The molecule has 0 fully saturated rings. The van der Waals surface area contributed by atoms with Gasteiger partial charge in [-0.3, -0.25) is 4.79 Å². The van der Waals surface area contributed by atoms with E-state index in [1.54, 1.807) is 12.1 Å². The predicted molar refractivity (Wildman–Crippen MR) is 77.1 cm³/mol. The Morgan fingerprint density at radius 2 is 1.95 bits per heavy atom. The Bertz CT molecular complexity index is 606. The molecule has 0 saturated carbocycles. The molecular weight excluding hydrogens is 260 g/mol. The largest absolute Gasteiger partial charge is 0.489 e. The molecule has 0 aromatic heterocycles. The molecule has 2 aromatic rings. The highest BCUT2D eigenvalue weighted by Crippen LogP contribution is 2.24. The van der Waals surface area contributed by atoms with Crippen LogP contribution in [0.3, 0.4) is 0 Å². The summed E-state index contributed by atoms with van der Waals surface area (Å²) < 4.78 is 5.78. The van der Waals surface area contributed by atoms with Gasteiger partial charge in [-0.25, -0.2) is 0 Å². The lowest BCUT2D eigenvalue weighted by Gasteiger charge is -2.12. The fraction of sp³-hybridized carbons (Fsp3) is 0.188. The van der Waals surface area contributed by atoms with E-state index in [2.05, 4.69) is 0 Å². The fourth-order valence-corrected chi connectivity index (χ4v) is 2.07. The second-order valence-electron chi connectivity index (χ2n) is 4.46. The van der Waals surface area contributed by atoms with Crippen LogP contribution in [-0.4, -0.2) is 6.29 Å². The lowest BCUT2D eigenvalue weighted by atomic mass is 10.0. The van der Waals surface area contributed by atoms with Crippen LogP contribution >= 0.6 is 11.6 Å². The van der Waals surface area contributed by atoms with Gasteiger partial charge >= 0.3 is 0 Å². The summed E-state index contributed by atoms with van der Waals surface area (Å²) in [6.07, 6.45) is 0.858. The minimum absolute atomic E-state index is 0.363. The van der Waals surface area contributed by atoms with Crippen LogP contribution < -0.4 is 4.74 Å². The van der Waals surface area contributed by atoms with Crippen LogP contribution in [0.5, 0.6) is 5.75 Å².